The van der Waals surface area contributed by atoms with E-state index in [1.54, 1.807) is 35.0 Å². The molecule has 24 heavy (non-hydrogen) atoms. The summed E-state index contributed by atoms with van der Waals surface area (Å²) in [5.41, 5.74) is 1.66. The number of carbonyl (C=O) groups excluding carboxylic acids is 1. The number of amides is 2. The van der Waals surface area contributed by atoms with Crippen LogP contribution in [0, 0.1) is 0 Å². The molecule has 0 saturated carbocycles. The first-order valence-corrected chi connectivity index (χ1v) is 7.89. The Hall–Kier alpha value is -2.42. The number of nitrogens with one attached hydrogen (secondary N) is 2. The number of aryl methyl sites for hydroxylation is 2. The average Bonchev–Trinajstić information content (AvgIpc) is 3.20. The quantitative estimate of drug-likeness (QED) is 0.850. The number of likely N-dealkylation sites (tertiary alicyclic amines) is 1. The molecule has 3 rings (SSSR count). The smallest absolute Gasteiger partial charge is 0.319 e. The van der Waals surface area contributed by atoms with Gasteiger partial charge in [-0.2, -0.15) is 10.2 Å². The lowest BCUT2D eigenvalue weighted by Crippen LogP contribution is -2.41. The second-order valence-corrected chi connectivity index (χ2v) is 6.18. The Morgan fingerprint density at radius 2 is 2.04 bits per heavy atom. The van der Waals surface area contributed by atoms with Gasteiger partial charge in [0.15, 0.2) is 0 Å². The lowest BCUT2D eigenvalue weighted by atomic mass is 10.2. The standard InChI is InChI=1S/C15H22FN7O/c1-21-7-11(4-18-21)8-23-9-12(16)3-14(23)6-17-15(24)20-13-5-19-22(2)10-13/h4-5,7,10,12,14H,3,6,8-9H2,1-2H3,(H2,17,20,24)/t12-,14-/m0/s1. The third-order valence-corrected chi connectivity index (χ3v) is 4.08. The first kappa shape index (κ1) is 16.4. The third-order valence-electron chi connectivity index (χ3n) is 4.08. The lowest BCUT2D eigenvalue weighted by Gasteiger charge is -2.23. The van der Waals surface area contributed by atoms with Crippen molar-refractivity contribution < 1.29 is 9.18 Å². The zero-order chi connectivity index (χ0) is 17.1. The van der Waals surface area contributed by atoms with Crippen LogP contribution in [-0.2, 0) is 20.6 Å². The van der Waals surface area contributed by atoms with E-state index in [2.05, 4.69) is 20.8 Å². The van der Waals surface area contributed by atoms with Crippen LogP contribution in [0.2, 0.25) is 0 Å². The summed E-state index contributed by atoms with van der Waals surface area (Å²) < 4.78 is 17.1. The Kier molecular flexibility index (Phi) is 4.79. The summed E-state index contributed by atoms with van der Waals surface area (Å²) >= 11 is 0. The van der Waals surface area contributed by atoms with Gasteiger partial charge in [0.1, 0.15) is 6.17 Å². The van der Waals surface area contributed by atoms with Crippen LogP contribution in [0.15, 0.2) is 24.8 Å². The van der Waals surface area contributed by atoms with Gasteiger partial charge in [0, 0.05) is 57.7 Å². The number of halogens is 1. The van der Waals surface area contributed by atoms with E-state index in [-0.39, 0.29) is 12.1 Å². The predicted molar refractivity (Wildman–Crippen MR) is 87.1 cm³/mol. The van der Waals surface area contributed by atoms with Gasteiger partial charge >= 0.3 is 6.03 Å². The molecule has 3 heterocycles. The Morgan fingerprint density at radius 3 is 2.71 bits per heavy atom. The van der Waals surface area contributed by atoms with Crippen LogP contribution in [0.5, 0.6) is 0 Å². The molecule has 0 spiro atoms. The Bertz CT molecular complexity index is 698. The third kappa shape index (κ3) is 4.10. The van der Waals surface area contributed by atoms with Crippen molar-refractivity contribution in [3.8, 4) is 0 Å². The van der Waals surface area contributed by atoms with E-state index in [1.807, 2.05) is 18.1 Å². The van der Waals surface area contributed by atoms with Crippen LogP contribution in [0.3, 0.4) is 0 Å². The fourth-order valence-corrected chi connectivity index (χ4v) is 2.99. The summed E-state index contributed by atoms with van der Waals surface area (Å²) in [7, 11) is 3.63. The summed E-state index contributed by atoms with van der Waals surface area (Å²) in [6.45, 7) is 1.41. The second kappa shape index (κ2) is 7.00. The van der Waals surface area contributed by atoms with E-state index < -0.39 is 6.17 Å². The van der Waals surface area contributed by atoms with Gasteiger partial charge < -0.3 is 10.6 Å². The Morgan fingerprint density at radius 1 is 1.29 bits per heavy atom. The van der Waals surface area contributed by atoms with Crippen molar-refractivity contribution in [1.29, 1.82) is 0 Å². The summed E-state index contributed by atoms with van der Waals surface area (Å²) in [4.78, 5) is 14.0. The number of rotatable bonds is 5. The van der Waals surface area contributed by atoms with Crippen LogP contribution >= 0.6 is 0 Å². The number of alkyl halides is 1. The van der Waals surface area contributed by atoms with E-state index >= 15 is 0 Å². The summed E-state index contributed by atoms with van der Waals surface area (Å²) in [5, 5.41) is 13.6. The van der Waals surface area contributed by atoms with Gasteiger partial charge in [0.2, 0.25) is 0 Å². The zero-order valence-corrected chi connectivity index (χ0v) is 13.8. The Labute approximate surface area is 139 Å². The van der Waals surface area contributed by atoms with E-state index in [9.17, 15) is 9.18 Å². The van der Waals surface area contributed by atoms with E-state index in [0.29, 0.717) is 31.7 Å². The highest BCUT2D eigenvalue weighted by molar-refractivity contribution is 5.88. The second-order valence-electron chi connectivity index (χ2n) is 6.18. The molecular formula is C15H22FN7O. The monoisotopic (exact) mass is 335 g/mol. The van der Waals surface area contributed by atoms with Crippen molar-refractivity contribution in [1.82, 2.24) is 29.8 Å². The van der Waals surface area contributed by atoms with Crippen molar-refractivity contribution in [3.05, 3.63) is 30.4 Å². The van der Waals surface area contributed by atoms with Crippen LogP contribution < -0.4 is 10.6 Å². The predicted octanol–water partition coefficient (Wildman–Crippen LogP) is 0.888. The molecule has 2 aromatic rings. The van der Waals surface area contributed by atoms with E-state index in [1.165, 1.54) is 0 Å². The largest absolute Gasteiger partial charge is 0.336 e. The highest BCUT2D eigenvalue weighted by Crippen LogP contribution is 2.22. The van der Waals surface area contributed by atoms with E-state index in [4.69, 9.17) is 0 Å². The Balaban J connectivity index is 1.51. The molecule has 0 aliphatic carbocycles. The van der Waals surface area contributed by atoms with Gasteiger partial charge in [-0.1, -0.05) is 0 Å². The lowest BCUT2D eigenvalue weighted by molar-refractivity contribution is 0.224. The molecule has 2 aromatic heterocycles. The van der Waals surface area contributed by atoms with Gasteiger partial charge in [0.25, 0.3) is 0 Å². The average molecular weight is 335 g/mol. The van der Waals surface area contributed by atoms with Crippen molar-refractivity contribution >= 4 is 11.7 Å². The van der Waals surface area contributed by atoms with Crippen LogP contribution in [0.1, 0.15) is 12.0 Å². The zero-order valence-electron chi connectivity index (χ0n) is 13.8. The fraction of sp³-hybridized carbons (Fsp3) is 0.533. The molecule has 130 valence electrons. The van der Waals surface area contributed by atoms with Gasteiger partial charge in [-0.3, -0.25) is 14.3 Å². The minimum absolute atomic E-state index is 0.0279. The maximum atomic E-state index is 13.8. The number of hydrogen-bond acceptors (Lipinski definition) is 4. The number of aromatic nitrogens is 4. The molecule has 0 radical (unpaired) electrons. The highest BCUT2D eigenvalue weighted by atomic mass is 19.1. The van der Waals surface area contributed by atoms with Crippen molar-refractivity contribution in [2.75, 3.05) is 18.4 Å². The molecule has 2 N–H and O–H groups in total. The first-order chi connectivity index (χ1) is 11.5. The SMILES string of the molecule is Cn1cc(CN2C[C@@H](F)C[C@H]2CNC(=O)Nc2cnn(C)c2)cn1. The number of hydrogen-bond donors (Lipinski definition) is 2. The number of nitrogens with zero attached hydrogens (tertiary/aromatic N) is 5. The van der Waals surface area contributed by atoms with Crippen molar-refractivity contribution in [2.24, 2.45) is 14.1 Å². The molecule has 8 nitrogen and oxygen atoms in total. The topological polar surface area (TPSA) is 80.0 Å². The minimum atomic E-state index is -0.866. The van der Waals surface area contributed by atoms with Crippen molar-refractivity contribution in [2.45, 2.75) is 25.2 Å². The van der Waals surface area contributed by atoms with Gasteiger partial charge in [-0.05, 0) is 6.42 Å². The fourth-order valence-electron chi connectivity index (χ4n) is 2.99. The molecule has 1 aliphatic rings. The summed E-state index contributed by atoms with van der Waals surface area (Å²) in [6, 6.07) is -0.341. The first-order valence-electron chi connectivity index (χ1n) is 7.89. The summed E-state index contributed by atoms with van der Waals surface area (Å²) in [5.74, 6) is 0. The van der Waals surface area contributed by atoms with Gasteiger partial charge in [-0.15, -0.1) is 0 Å². The molecule has 9 heteroatoms. The molecule has 1 aliphatic heterocycles. The molecule has 1 saturated heterocycles. The number of urea groups is 1. The van der Waals surface area contributed by atoms with Crippen LogP contribution in [-0.4, -0.2) is 55.8 Å². The number of anilines is 1. The highest BCUT2D eigenvalue weighted by Gasteiger charge is 2.32. The molecule has 1 fully saturated rings. The molecular weight excluding hydrogens is 313 g/mol. The maximum absolute atomic E-state index is 13.8. The van der Waals surface area contributed by atoms with Crippen molar-refractivity contribution in [3.63, 3.8) is 0 Å². The summed E-state index contributed by atoms with van der Waals surface area (Å²) in [6.07, 6.45) is 6.54. The molecule has 0 bridgehead atoms. The van der Waals surface area contributed by atoms with Crippen LogP contribution in [0.4, 0.5) is 14.9 Å². The minimum Gasteiger partial charge on any atom is -0.336 e. The molecule has 0 unspecified atom stereocenters. The van der Waals surface area contributed by atoms with E-state index in [0.717, 1.165) is 5.56 Å². The molecule has 0 aromatic carbocycles. The number of carbonyl (C=O) groups is 1. The van der Waals surface area contributed by atoms with Gasteiger partial charge in [-0.25, -0.2) is 9.18 Å². The maximum Gasteiger partial charge on any atom is 0.319 e. The van der Waals surface area contributed by atoms with Gasteiger partial charge in [0.05, 0.1) is 18.1 Å². The normalized spacial score (nSPS) is 21.1. The molecule has 2 amide bonds. The van der Waals surface area contributed by atoms with Crippen LogP contribution in [0.25, 0.3) is 0 Å². The molecule has 2 atom stereocenters.